The molecule has 0 aromatic carbocycles. The first-order valence-corrected chi connectivity index (χ1v) is 8.12. The molecule has 1 amide bonds. The minimum absolute atomic E-state index is 0.0301. The van der Waals surface area contributed by atoms with Crippen molar-refractivity contribution >= 4 is 17.4 Å². The van der Waals surface area contributed by atoms with E-state index in [9.17, 15) is 14.9 Å². The number of pyridine rings is 2. The van der Waals surface area contributed by atoms with Crippen LogP contribution in [0.5, 0.6) is 0 Å². The Balaban J connectivity index is 1.63. The van der Waals surface area contributed by atoms with Gasteiger partial charge in [-0.3, -0.25) is 14.9 Å². The third kappa shape index (κ3) is 3.95. The van der Waals surface area contributed by atoms with E-state index < -0.39 is 4.92 Å². The van der Waals surface area contributed by atoms with Crippen molar-refractivity contribution < 1.29 is 9.72 Å². The van der Waals surface area contributed by atoms with Gasteiger partial charge in [-0.25, -0.2) is 9.97 Å². The van der Waals surface area contributed by atoms with Crippen molar-refractivity contribution in [3.8, 4) is 11.8 Å². The lowest BCUT2D eigenvalue weighted by Gasteiger charge is -2.34. The molecule has 3 rings (SSSR count). The molecule has 0 spiro atoms. The molecule has 0 unspecified atom stereocenters. The van der Waals surface area contributed by atoms with Gasteiger partial charge in [0.2, 0.25) is 5.82 Å². The van der Waals surface area contributed by atoms with E-state index in [0.29, 0.717) is 37.7 Å². The minimum Gasteiger partial charge on any atom is -0.347 e. The van der Waals surface area contributed by atoms with Crippen LogP contribution in [0.3, 0.4) is 0 Å². The molecular formula is C18H17N5O3. The Morgan fingerprint density at radius 2 is 1.96 bits per heavy atom. The fourth-order valence-corrected chi connectivity index (χ4v) is 2.63. The second-order valence-corrected chi connectivity index (χ2v) is 5.85. The molecule has 1 fully saturated rings. The first-order valence-electron chi connectivity index (χ1n) is 8.12. The van der Waals surface area contributed by atoms with E-state index in [-0.39, 0.29) is 11.6 Å². The molecule has 2 aromatic rings. The Morgan fingerprint density at radius 3 is 2.62 bits per heavy atom. The summed E-state index contributed by atoms with van der Waals surface area (Å²) in [4.78, 5) is 34.6. The van der Waals surface area contributed by atoms with E-state index in [0.717, 1.165) is 5.56 Å². The molecule has 0 bridgehead atoms. The maximum absolute atomic E-state index is 12.2. The van der Waals surface area contributed by atoms with Crippen LogP contribution in [-0.2, 0) is 4.79 Å². The molecule has 8 heteroatoms. The van der Waals surface area contributed by atoms with Crippen LogP contribution in [0, 0.1) is 28.9 Å². The quantitative estimate of drug-likeness (QED) is 0.461. The lowest BCUT2D eigenvalue weighted by molar-refractivity contribution is -0.384. The average molecular weight is 351 g/mol. The molecule has 1 saturated heterocycles. The Labute approximate surface area is 150 Å². The van der Waals surface area contributed by atoms with Crippen molar-refractivity contribution in [3.05, 3.63) is 58.0 Å². The maximum atomic E-state index is 12.2. The number of aromatic nitrogens is 2. The van der Waals surface area contributed by atoms with Gasteiger partial charge in [-0.05, 0) is 30.5 Å². The van der Waals surface area contributed by atoms with Gasteiger partial charge in [0.1, 0.15) is 5.69 Å². The molecule has 0 saturated carbocycles. The predicted molar refractivity (Wildman–Crippen MR) is 95.5 cm³/mol. The number of piperazine rings is 1. The number of carbonyl (C=O) groups excluding carboxylic acids is 1. The highest BCUT2D eigenvalue weighted by Gasteiger charge is 2.26. The number of hydrogen-bond donors (Lipinski definition) is 0. The third-order valence-corrected chi connectivity index (χ3v) is 4.04. The smallest absolute Gasteiger partial charge is 0.311 e. The van der Waals surface area contributed by atoms with Crippen molar-refractivity contribution in [1.29, 1.82) is 0 Å². The summed E-state index contributed by atoms with van der Waals surface area (Å²) in [6.45, 7) is 3.73. The molecular weight excluding hydrogens is 334 g/mol. The zero-order valence-corrected chi connectivity index (χ0v) is 14.3. The van der Waals surface area contributed by atoms with E-state index in [2.05, 4.69) is 21.8 Å². The van der Waals surface area contributed by atoms with E-state index in [1.54, 1.807) is 17.2 Å². The molecule has 0 aliphatic carbocycles. The van der Waals surface area contributed by atoms with E-state index in [1.807, 2.05) is 17.9 Å². The van der Waals surface area contributed by atoms with Crippen LogP contribution in [0.25, 0.3) is 0 Å². The molecule has 26 heavy (non-hydrogen) atoms. The number of nitro groups is 1. The molecule has 8 nitrogen and oxygen atoms in total. The molecule has 2 aromatic heterocycles. The maximum Gasteiger partial charge on any atom is 0.311 e. The standard InChI is InChI=1S/C18H17N5O3/c1-14-4-5-15(20-13-14)6-7-17(24)21-9-11-22(12-10-21)18-16(23(25)26)3-2-8-19-18/h2-5,8,13H,9-12H2,1H3. The molecule has 1 aliphatic rings. The lowest BCUT2D eigenvalue weighted by Crippen LogP contribution is -2.48. The van der Waals surface area contributed by atoms with E-state index in [1.165, 1.54) is 18.3 Å². The summed E-state index contributed by atoms with van der Waals surface area (Å²) in [6.07, 6.45) is 3.23. The summed E-state index contributed by atoms with van der Waals surface area (Å²) in [5.74, 6) is 5.43. The largest absolute Gasteiger partial charge is 0.347 e. The lowest BCUT2D eigenvalue weighted by atomic mass is 10.2. The number of amides is 1. The highest BCUT2D eigenvalue weighted by Crippen LogP contribution is 2.25. The van der Waals surface area contributed by atoms with Crippen LogP contribution >= 0.6 is 0 Å². The van der Waals surface area contributed by atoms with Crippen LogP contribution < -0.4 is 4.90 Å². The Hall–Kier alpha value is -3.47. The highest BCUT2D eigenvalue weighted by molar-refractivity contribution is 5.94. The van der Waals surface area contributed by atoms with Crippen molar-refractivity contribution in [2.75, 3.05) is 31.1 Å². The van der Waals surface area contributed by atoms with Crippen LogP contribution in [0.2, 0.25) is 0 Å². The van der Waals surface area contributed by atoms with Gasteiger partial charge in [0.25, 0.3) is 5.91 Å². The zero-order chi connectivity index (χ0) is 18.5. The number of carbonyl (C=O) groups is 1. The highest BCUT2D eigenvalue weighted by atomic mass is 16.6. The van der Waals surface area contributed by atoms with E-state index >= 15 is 0 Å². The van der Waals surface area contributed by atoms with Gasteiger partial charge in [0.15, 0.2) is 0 Å². The molecule has 0 atom stereocenters. The Bertz CT molecular complexity index is 878. The predicted octanol–water partition coefficient (Wildman–Crippen LogP) is 1.39. The summed E-state index contributed by atoms with van der Waals surface area (Å²) >= 11 is 0. The van der Waals surface area contributed by atoms with Gasteiger partial charge in [0.05, 0.1) is 4.92 Å². The summed E-state index contributed by atoms with van der Waals surface area (Å²) < 4.78 is 0. The molecule has 132 valence electrons. The fourth-order valence-electron chi connectivity index (χ4n) is 2.63. The van der Waals surface area contributed by atoms with Gasteiger partial charge in [-0.2, -0.15) is 0 Å². The minimum atomic E-state index is -0.445. The van der Waals surface area contributed by atoms with Crippen molar-refractivity contribution in [3.63, 3.8) is 0 Å². The van der Waals surface area contributed by atoms with Gasteiger partial charge in [-0.15, -0.1) is 0 Å². The second-order valence-electron chi connectivity index (χ2n) is 5.85. The number of aryl methyl sites for hydroxylation is 1. The van der Waals surface area contributed by atoms with Crippen LogP contribution in [0.15, 0.2) is 36.7 Å². The van der Waals surface area contributed by atoms with Crippen LogP contribution in [-0.4, -0.2) is 51.9 Å². The van der Waals surface area contributed by atoms with Gasteiger partial charge in [0, 0.05) is 50.6 Å². The molecule has 3 heterocycles. The van der Waals surface area contributed by atoms with Crippen molar-refractivity contribution in [2.24, 2.45) is 0 Å². The molecule has 0 N–H and O–H groups in total. The first-order chi connectivity index (χ1) is 12.5. The van der Waals surface area contributed by atoms with Crippen molar-refractivity contribution in [1.82, 2.24) is 14.9 Å². The summed E-state index contributed by atoms with van der Waals surface area (Å²) in [6, 6.07) is 6.63. The summed E-state index contributed by atoms with van der Waals surface area (Å²) in [5.41, 5.74) is 1.55. The zero-order valence-electron chi connectivity index (χ0n) is 14.3. The van der Waals surface area contributed by atoms with Gasteiger partial charge < -0.3 is 9.80 Å². The SMILES string of the molecule is Cc1ccc(C#CC(=O)N2CCN(c3ncccc3[N+](=O)[O-])CC2)nc1. The van der Waals surface area contributed by atoms with Crippen molar-refractivity contribution in [2.45, 2.75) is 6.92 Å². The topological polar surface area (TPSA) is 92.5 Å². The fraction of sp³-hybridized carbons (Fsp3) is 0.278. The summed E-state index contributed by atoms with van der Waals surface area (Å²) in [5, 5.41) is 11.1. The molecule has 0 radical (unpaired) electrons. The average Bonchev–Trinajstić information content (AvgIpc) is 2.67. The monoisotopic (exact) mass is 351 g/mol. The van der Waals surface area contributed by atoms with Gasteiger partial charge in [-0.1, -0.05) is 6.07 Å². The van der Waals surface area contributed by atoms with Crippen LogP contribution in [0.4, 0.5) is 11.5 Å². The Kier molecular flexibility index (Phi) is 5.08. The Morgan fingerprint density at radius 1 is 1.19 bits per heavy atom. The number of anilines is 1. The third-order valence-electron chi connectivity index (χ3n) is 4.04. The number of rotatable bonds is 2. The molecule has 1 aliphatic heterocycles. The van der Waals surface area contributed by atoms with E-state index in [4.69, 9.17) is 0 Å². The van der Waals surface area contributed by atoms with Crippen LogP contribution in [0.1, 0.15) is 11.3 Å². The number of nitrogens with zero attached hydrogens (tertiary/aromatic N) is 5. The van der Waals surface area contributed by atoms with Gasteiger partial charge >= 0.3 is 5.69 Å². The number of hydrogen-bond acceptors (Lipinski definition) is 6. The normalized spacial score (nSPS) is 13.7. The first kappa shape index (κ1) is 17.4. The second kappa shape index (κ2) is 7.61. The summed E-state index contributed by atoms with van der Waals surface area (Å²) in [7, 11) is 0.